The average Bonchev–Trinajstić information content (AvgIpc) is 2.32. The third kappa shape index (κ3) is 2.70. The maximum atomic E-state index is 6.22. The molecule has 1 heterocycles. The van der Waals surface area contributed by atoms with E-state index < -0.39 is 0 Å². The van der Waals surface area contributed by atoms with Gasteiger partial charge in [-0.1, -0.05) is 6.07 Å². The highest BCUT2D eigenvalue weighted by molar-refractivity contribution is 5.74. The predicted molar refractivity (Wildman–Crippen MR) is 74.2 cm³/mol. The number of ether oxygens (including phenoxy) is 2. The van der Waals surface area contributed by atoms with Crippen LogP contribution in [0.15, 0.2) is 18.2 Å². The Kier molecular flexibility index (Phi) is 3.97. The van der Waals surface area contributed by atoms with E-state index in [1.54, 1.807) is 0 Å². The first-order chi connectivity index (χ1) is 8.59. The number of para-hydroxylation sites is 1. The zero-order valence-corrected chi connectivity index (χ0v) is 11.3. The highest BCUT2D eigenvalue weighted by atomic mass is 16.5. The Morgan fingerprint density at radius 3 is 2.89 bits per heavy atom. The van der Waals surface area contributed by atoms with E-state index in [0.717, 1.165) is 36.9 Å². The molecule has 1 aliphatic heterocycles. The quantitative estimate of drug-likeness (QED) is 0.836. The molecule has 1 aromatic rings. The van der Waals surface area contributed by atoms with Gasteiger partial charge in [-0.3, -0.25) is 0 Å². The first-order valence-corrected chi connectivity index (χ1v) is 6.49. The highest BCUT2D eigenvalue weighted by Crippen LogP contribution is 2.34. The van der Waals surface area contributed by atoms with E-state index in [1.807, 2.05) is 32.0 Å². The summed E-state index contributed by atoms with van der Waals surface area (Å²) in [4.78, 5) is 2.28. The minimum atomic E-state index is 0.129. The summed E-state index contributed by atoms with van der Waals surface area (Å²) < 4.78 is 11.2. The first kappa shape index (κ1) is 13.0. The van der Waals surface area contributed by atoms with E-state index in [1.165, 1.54) is 0 Å². The van der Waals surface area contributed by atoms with Crippen molar-refractivity contribution in [2.45, 2.75) is 32.9 Å². The molecule has 1 aliphatic rings. The van der Waals surface area contributed by atoms with Gasteiger partial charge in [0.1, 0.15) is 5.75 Å². The summed E-state index contributed by atoms with van der Waals surface area (Å²) in [5.41, 5.74) is 7.98. The SMILES string of the molecule is CC(C)Oc1cccc(N2CCOCC2C)c1N. The van der Waals surface area contributed by atoms with Crippen molar-refractivity contribution >= 4 is 11.4 Å². The van der Waals surface area contributed by atoms with Gasteiger partial charge in [0.2, 0.25) is 0 Å². The maximum Gasteiger partial charge on any atom is 0.144 e. The lowest BCUT2D eigenvalue weighted by atomic mass is 10.1. The Morgan fingerprint density at radius 1 is 1.44 bits per heavy atom. The average molecular weight is 250 g/mol. The molecule has 0 bridgehead atoms. The van der Waals surface area contributed by atoms with Crippen LogP contribution in [0.1, 0.15) is 20.8 Å². The number of nitrogens with two attached hydrogens (primary N) is 1. The monoisotopic (exact) mass is 250 g/mol. The van der Waals surface area contributed by atoms with Crippen LogP contribution in [0.3, 0.4) is 0 Å². The summed E-state index contributed by atoms with van der Waals surface area (Å²) >= 11 is 0. The lowest BCUT2D eigenvalue weighted by molar-refractivity contribution is 0.0990. The summed E-state index contributed by atoms with van der Waals surface area (Å²) in [7, 11) is 0. The van der Waals surface area contributed by atoms with E-state index in [9.17, 15) is 0 Å². The van der Waals surface area contributed by atoms with Gasteiger partial charge in [-0.05, 0) is 32.9 Å². The van der Waals surface area contributed by atoms with Gasteiger partial charge in [0.25, 0.3) is 0 Å². The molecular formula is C14H22N2O2. The van der Waals surface area contributed by atoms with Crippen LogP contribution in [0, 0.1) is 0 Å². The Morgan fingerprint density at radius 2 is 2.22 bits per heavy atom. The molecule has 4 heteroatoms. The second-order valence-corrected chi connectivity index (χ2v) is 4.97. The summed E-state index contributed by atoms with van der Waals surface area (Å²) in [6.45, 7) is 8.52. The van der Waals surface area contributed by atoms with Crippen LogP contribution < -0.4 is 15.4 Å². The minimum absolute atomic E-state index is 0.129. The first-order valence-electron chi connectivity index (χ1n) is 6.49. The number of hydrogen-bond donors (Lipinski definition) is 1. The van der Waals surface area contributed by atoms with Crippen molar-refractivity contribution in [1.82, 2.24) is 0 Å². The van der Waals surface area contributed by atoms with Gasteiger partial charge in [0.05, 0.1) is 30.7 Å². The summed E-state index contributed by atoms with van der Waals surface area (Å²) in [6, 6.07) is 6.30. The van der Waals surface area contributed by atoms with Crippen molar-refractivity contribution in [2.75, 3.05) is 30.4 Å². The van der Waals surface area contributed by atoms with Crippen LogP contribution in [0.25, 0.3) is 0 Å². The molecule has 100 valence electrons. The van der Waals surface area contributed by atoms with Crippen LogP contribution >= 0.6 is 0 Å². The van der Waals surface area contributed by atoms with E-state index in [4.69, 9.17) is 15.2 Å². The molecule has 0 amide bonds. The lowest BCUT2D eigenvalue weighted by Gasteiger charge is -2.36. The van der Waals surface area contributed by atoms with E-state index in [2.05, 4.69) is 11.8 Å². The summed E-state index contributed by atoms with van der Waals surface area (Å²) in [5, 5.41) is 0. The van der Waals surface area contributed by atoms with Crippen LogP contribution in [-0.4, -0.2) is 31.9 Å². The molecule has 0 saturated carbocycles. The largest absolute Gasteiger partial charge is 0.489 e. The summed E-state index contributed by atoms with van der Waals surface area (Å²) in [6.07, 6.45) is 0.129. The number of rotatable bonds is 3. The zero-order chi connectivity index (χ0) is 13.1. The van der Waals surface area contributed by atoms with Crippen molar-refractivity contribution in [3.8, 4) is 5.75 Å². The molecule has 2 rings (SSSR count). The van der Waals surface area contributed by atoms with E-state index >= 15 is 0 Å². The topological polar surface area (TPSA) is 47.7 Å². The number of morpholine rings is 1. The van der Waals surface area contributed by atoms with E-state index in [0.29, 0.717) is 6.04 Å². The molecule has 2 N–H and O–H groups in total. The second kappa shape index (κ2) is 5.48. The van der Waals surface area contributed by atoms with Crippen molar-refractivity contribution in [1.29, 1.82) is 0 Å². The van der Waals surface area contributed by atoms with Crippen molar-refractivity contribution in [2.24, 2.45) is 0 Å². The molecule has 1 unspecified atom stereocenters. The molecule has 0 radical (unpaired) electrons. The zero-order valence-electron chi connectivity index (χ0n) is 11.3. The van der Waals surface area contributed by atoms with Gasteiger partial charge >= 0.3 is 0 Å². The van der Waals surface area contributed by atoms with Gasteiger partial charge in [-0.15, -0.1) is 0 Å². The molecule has 0 spiro atoms. The molecular weight excluding hydrogens is 228 g/mol. The maximum absolute atomic E-state index is 6.22. The number of anilines is 2. The predicted octanol–water partition coefficient (Wildman–Crippen LogP) is 2.28. The Bertz CT molecular complexity index is 407. The van der Waals surface area contributed by atoms with Gasteiger partial charge in [0.15, 0.2) is 0 Å². The van der Waals surface area contributed by atoms with Gasteiger partial charge in [-0.25, -0.2) is 0 Å². The fourth-order valence-electron chi connectivity index (χ4n) is 2.22. The Labute approximate surface area is 109 Å². The molecule has 0 aliphatic carbocycles. The van der Waals surface area contributed by atoms with Crippen LogP contribution in [0.4, 0.5) is 11.4 Å². The molecule has 4 nitrogen and oxygen atoms in total. The Balaban J connectivity index is 2.27. The summed E-state index contributed by atoms with van der Waals surface area (Å²) in [5.74, 6) is 0.765. The lowest BCUT2D eigenvalue weighted by Crippen LogP contribution is -2.44. The van der Waals surface area contributed by atoms with Crippen molar-refractivity contribution in [3.63, 3.8) is 0 Å². The van der Waals surface area contributed by atoms with Crippen molar-refractivity contribution in [3.05, 3.63) is 18.2 Å². The number of benzene rings is 1. The van der Waals surface area contributed by atoms with Crippen molar-refractivity contribution < 1.29 is 9.47 Å². The molecule has 1 fully saturated rings. The minimum Gasteiger partial charge on any atom is -0.489 e. The van der Waals surface area contributed by atoms with E-state index in [-0.39, 0.29) is 6.10 Å². The normalized spacial score (nSPS) is 20.2. The third-order valence-electron chi connectivity index (χ3n) is 3.08. The fourth-order valence-corrected chi connectivity index (χ4v) is 2.22. The Hall–Kier alpha value is -1.42. The van der Waals surface area contributed by atoms with Gasteiger partial charge < -0.3 is 20.1 Å². The van der Waals surface area contributed by atoms with Gasteiger partial charge in [-0.2, -0.15) is 0 Å². The van der Waals surface area contributed by atoms with Crippen LogP contribution in [0.5, 0.6) is 5.75 Å². The smallest absolute Gasteiger partial charge is 0.144 e. The fraction of sp³-hybridized carbons (Fsp3) is 0.571. The molecule has 1 atom stereocenters. The molecule has 0 aromatic heterocycles. The standard InChI is InChI=1S/C14H22N2O2/c1-10(2)18-13-6-4-5-12(14(13)15)16-7-8-17-9-11(16)3/h4-6,10-11H,7-9,15H2,1-3H3. The number of nitrogen functional groups attached to an aromatic ring is 1. The second-order valence-electron chi connectivity index (χ2n) is 4.97. The molecule has 18 heavy (non-hydrogen) atoms. The molecule has 1 saturated heterocycles. The molecule has 1 aromatic carbocycles. The van der Waals surface area contributed by atoms with Crippen LogP contribution in [0.2, 0.25) is 0 Å². The highest BCUT2D eigenvalue weighted by Gasteiger charge is 2.22. The third-order valence-corrected chi connectivity index (χ3v) is 3.08. The number of nitrogens with zero attached hydrogens (tertiary/aromatic N) is 1. The number of hydrogen-bond acceptors (Lipinski definition) is 4. The van der Waals surface area contributed by atoms with Gasteiger partial charge in [0, 0.05) is 12.6 Å². The van der Waals surface area contributed by atoms with Crippen LogP contribution in [-0.2, 0) is 4.74 Å².